The van der Waals surface area contributed by atoms with Gasteiger partial charge in [-0.15, -0.1) is 11.3 Å². The van der Waals surface area contributed by atoms with Crippen LogP contribution >= 0.6 is 11.3 Å². The zero-order valence-electron chi connectivity index (χ0n) is 10.9. The Kier molecular flexibility index (Phi) is 4.74. The van der Waals surface area contributed by atoms with Crippen molar-refractivity contribution in [3.63, 3.8) is 0 Å². The highest BCUT2D eigenvalue weighted by atomic mass is 32.1. The van der Waals surface area contributed by atoms with Crippen molar-refractivity contribution in [3.8, 4) is 0 Å². The second-order valence-corrected chi connectivity index (χ2v) is 5.68. The number of rotatable bonds is 5. The molecule has 1 aromatic rings. The van der Waals surface area contributed by atoms with Crippen LogP contribution in [0.5, 0.6) is 0 Å². The Balaban J connectivity index is 1.80. The molecule has 1 aromatic heterocycles. The van der Waals surface area contributed by atoms with Crippen LogP contribution in [-0.2, 0) is 22.5 Å². The average molecular weight is 268 g/mol. The van der Waals surface area contributed by atoms with Gasteiger partial charge >= 0.3 is 0 Å². The van der Waals surface area contributed by atoms with Gasteiger partial charge in [0.15, 0.2) is 0 Å². The van der Waals surface area contributed by atoms with Crippen LogP contribution < -0.4 is 5.32 Å². The summed E-state index contributed by atoms with van der Waals surface area (Å²) in [5.41, 5.74) is 1.45. The molecule has 0 aliphatic carbocycles. The van der Waals surface area contributed by atoms with Crippen molar-refractivity contribution in [2.45, 2.75) is 25.9 Å². The molecule has 0 radical (unpaired) electrons. The maximum absolute atomic E-state index is 11.3. The first kappa shape index (κ1) is 13.5. The standard InChI is InChI=1S/C13H20N2O2S/c1-10(7-14-13(16)9-17-2)15-5-3-12-11(8-15)4-6-18-12/h4,6,10H,3,5,7-9H2,1-2H3,(H,14,16)/t10-/m0/s1. The van der Waals surface area contributed by atoms with Gasteiger partial charge in [-0.1, -0.05) is 0 Å². The molecule has 1 amide bonds. The second-order valence-electron chi connectivity index (χ2n) is 4.68. The molecule has 5 heteroatoms. The Hall–Kier alpha value is -0.910. The quantitative estimate of drug-likeness (QED) is 0.874. The molecule has 0 spiro atoms. The molecule has 4 nitrogen and oxygen atoms in total. The van der Waals surface area contributed by atoms with E-state index in [0.717, 1.165) is 19.5 Å². The molecular weight excluding hydrogens is 248 g/mol. The zero-order valence-corrected chi connectivity index (χ0v) is 11.8. The normalized spacial score (nSPS) is 17.2. The first-order chi connectivity index (χ1) is 8.70. The van der Waals surface area contributed by atoms with Gasteiger partial charge in [0.1, 0.15) is 6.61 Å². The fourth-order valence-electron chi connectivity index (χ4n) is 2.22. The third-order valence-electron chi connectivity index (χ3n) is 3.33. The van der Waals surface area contributed by atoms with Gasteiger partial charge in [-0.2, -0.15) is 0 Å². The number of ether oxygens (including phenoxy) is 1. The first-order valence-corrected chi connectivity index (χ1v) is 7.13. The molecule has 1 aliphatic rings. The van der Waals surface area contributed by atoms with E-state index in [1.165, 1.54) is 17.6 Å². The lowest BCUT2D eigenvalue weighted by molar-refractivity contribution is -0.124. The van der Waals surface area contributed by atoms with Crippen LogP contribution in [0.3, 0.4) is 0 Å². The molecule has 1 aliphatic heterocycles. The van der Waals surface area contributed by atoms with Gasteiger partial charge < -0.3 is 10.1 Å². The molecule has 1 atom stereocenters. The van der Waals surface area contributed by atoms with E-state index in [9.17, 15) is 4.79 Å². The highest BCUT2D eigenvalue weighted by Gasteiger charge is 2.21. The summed E-state index contributed by atoms with van der Waals surface area (Å²) in [4.78, 5) is 15.3. The molecule has 0 saturated heterocycles. The van der Waals surface area contributed by atoms with Crippen LogP contribution in [0.15, 0.2) is 11.4 Å². The summed E-state index contributed by atoms with van der Waals surface area (Å²) in [6.45, 7) is 5.06. The van der Waals surface area contributed by atoms with Crippen molar-refractivity contribution >= 4 is 17.2 Å². The number of amides is 1. The van der Waals surface area contributed by atoms with Gasteiger partial charge in [0.05, 0.1) is 0 Å². The lowest BCUT2D eigenvalue weighted by Crippen LogP contribution is -2.44. The summed E-state index contributed by atoms with van der Waals surface area (Å²) in [6.07, 6.45) is 1.13. The smallest absolute Gasteiger partial charge is 0.246 e. The van der Waals surface area contributed by atoms with Crippen molar-refractivity contribution in [1.82, 2.24) is 10.2 Å². The summed E-state index contributed by atoms with van der Waals surface area (Å²) in [5.74, 6) is -0.0439. The average Bonchev–Trinajstić information content (AvgIpc) is 2.83. The van der Waals surface area contributed by atoms with Crippen LogP contribution in [0.2, 0.25) is 0 Å². The highest BCUT2D eigenvalue weighted by Crippen LogP contribution is 2.24. The Morgan fingerprint density at radius 1 is 1.67 bits per heavy atom. The molecule has 0 bridgehead atoms. The summed E-state index contributed by atoms with van der Waals surface area (Å²) >= 11 is 1.85. The molecule has 2 heterocycles. The SMILES string of the molecule is COCC(=O)NC[C@H](C)N1CCc2sccc2C1. The van der Waals surface area contributed by atoms with Gasteiger partial charge in [-0.3, -0.25) is 9.69 Å². The van der Waals surface area contributed by atoms with Crippen LogP contribution in [0.1, 0.15) is 17.4 Å². The van der Waals surface area contributed by atoms with Crippen molar-refractivity contribution in [2.24, 2.45) is 0 Å². The molecule has 100 valence electrons. The largest absolute Gasteiger partial charge is 0.375 e. The fraction of sp³-hybridized carbons (Fsp3) is 0.615. The molecule has 0 saturated carbocycles. The second kappa shape index (κ2) is 6.31. The minimum atomic E-state index is -0.0439. The Morgan fingerprint density at radius 2 is 2.50 bits per heavy atom. The van der Waals surface area contributed by atoms with Gasteiger partial charge in [0, 0.05) is 37.7 Å². The number of methoxy groups -OCH3 is 1. The topological polar surface area (TPSA) is 41.6 Å². The van der Waals surface area contributed by atoms with E-state index in [0.29, 0.717) is 12.6 Å². The van der Waals surface area contributed by atoms with Crippen LogP contribution in [0.4, 0.5) is 0 Å². The highest BCUT2D eigenvalue weighted by molar-refractivity contribution is 7.10. The Bertz CT molecular complexity index is 405. The molecule has 18 heavy (non-hydrogen) atoms. The van der Waals surface area contributed by atoms with Crippen molar-refractivity contribution in [2.75, 3.05) is 26.8 Å². The number of hydrogen-bond donors (Lipinski definition) is 1. The van der Waals surface area contributed by atoms with Crippen LogP contribution in [-0.4, -0.2) is 43.7 Å². The minimum Gasteiger partial charge on any atom is -0.375 e. The van der Waals surface area contributed by atoms with Crippen LogP contribution in [0.25, 0.3) is 0 Å². The lowest BCUT2D eigenvalue weighted by atomic mass is 10.1. The molecule has 0 unspecified atom stereocenters. The van der Waals surface area contributed by atoms with Crippen molar-refractivity contribution < 1.29 is 9.53 Å². The third kappa shape index (κ3) is 3.31. The van der Waals surface area contributed by atoms with Gasteiger partial charge in [-0.25, -0.2) is 0 Å². The monoisotopic (exact) mass is 268 g/mol. The predicted molar refractivity (Wildman–Crippen MR) is 72.8 cm³/mol. The van der Waals surface area contributed by atoms with E-state index in [1.54, 1.807) is 0 Å². The number of carbonyl (C=O) groups is 1. The molecule has 0 fully saturated rings. The summed E-state index contributed by atoms with van der Waals surface area (Å²) < 4.78 is 4.79. The number of thiophene rings is 1. The molecule has 0 aromatic carbocycles. The minimum absolute atomic E-state index is 0.0439. The number of hydrogen-bond acceptors (Lipinski definition) is 4. The van der Waals surface area contributed by atoms with Crippen molar-refractivity contribution in [3.05, 3.63) is 21.9 Å². The number of nitrogens with one attached hydrogen (secondary N) is 1. The summed E-state index contributed by atoms with van der Waals surface area (Å²) in [6, 6.07) is 2.57. The van der Waals surface area contributed by atoms with E-state index in [1.807, 2.05) is 11.3 Å². The Labute approximate surface area is 112 Å². The first-order valence-electron chi connectivity index (χ1n) is 6.25. The predicted octanol–water partition coefficient (Wildman–Crippen LogP) is 1.26. The van der Waals surface area contributed by atoms with E-state index >= 15 is 0 Å². The van der Waals surface area contributed by atoms with Gasteiger partial charge in [-0.05, 0) is 30.4 Å². The molecular formula is C13H20N2O2S. The zero-order chi connectivity index (χ0) is 13.0. The van der Waals surface area contributed by atoms with Crippen molar-refractivity contribution in [1.29, 1.82) is 0 Å². The third-order valence-corrected chi connectivity index (χ3v) is 4.35. The number of fused-ring (bicyclic) bond motifs is 1. The maximum atomic E-state index is 11.3. The Morgan fingerprint density at radius 3 is 3.28 bits per heavy atom. The summed E-state index contributed by atoms with van der Waals surface area (Å²) in [5, 5.41) is 5.06. The number of carbonyl (C=O) groups excluding carboxylic acids is 1. The van der Waals surface area contributed by atoms with Gasteiger partial charge in [0.25, 0.3) is 0 Å². The lowest BCUT2D eigenvalue weighted by Gasteiger charge is -2.32. The van der Waals surface area contributed by atoms with Gasteiger partial charge in [0.2, 0.25) is 5.91 Å². The maximum Gasteiger partial charge on any atom is 0.246 e. The molecule has 2 rings (SSSR count). The summed E-state index contributed by atoms with van der Waals surface area (Å²) in [7, 11) is 1.53. The fourth-order valence-corrected chi connectivity index (χ4v) is 3.11. The molecule has 1 N–H and O–H groups in total. The van der Waals surface area contributed by atoms with E-state index in [-0.39, 0.29) is 12.5 Å². The number of nitrogens with zero attached hydrogens (tertiary/aromatic N) is 1. The van der Waals surface area contributed by atoms with E-state index in [2.05, 4.69) is 28.6 Å². The van der Waals surface area contributed by atoms with E-state index < -0.39 is 0 Å². The van der Waals surface area contributed by atoms with E-state index in [4.69, 9.17) is 4.74 Å². The van der Waals surface area contributed by atoms with Crippen LogP contribution in [0, 0.1) is 0 Å².